The van der Waals surface area contributed by atoms with Gasteiger partial charge in [0.2, 0.25) is 0 Å². The molecule has 0 aliphatic heterocycles. The molecule has 5 heteroatoms. The first-order valence-electron chi connectivity index (χ1n) is 6.99. The van der Waals surface area contributed by atoms with E-state index in [1.165, 1.54) is 0 Å². The van der Waals surface area contributed by atoms with Gasteiger partial charge in [-0.05, 0) is 46.5 Å². The van der Waals surface area contributed by atoms with Crippen molar-refractivity contribution < 1.29 is 9.16 Å². The maximum absolute atomic E-state index is 6.38. The van der Waals surface area contributed by atoms with Crippen molar-refractivity contribution in [2.24, 2.45) is 0 Å². The molecule has 1 aromatic carbocycles. The molecular formula is C16H24ClIO2Si. The maximum Gasteiger partial charge on any atom is 0.193 e. The Morgan fingerprint density at radius 3 is 2.52 bits per heavy atom. The van der Waals surface area contributed by atoms with Gasteiger partial charge in [-0.2, -0.15) is 0 Å². The lowest BCUT2D eigenvalue weighted by molar-refractivity contribution is 0.150. The predicted octanol–water partition coefficient (Wildman–Crippen LogP) is 6.06. The van der Waals surface area contributed by atoms with E-state index in [-0.39, 0.29) is 11.1 Å². The van der Waals surface area contributed by atoms with Crippen molar-refractivity contribution in [3.63, 3.8) is 0 Å². The fraction of sp³-hybridized carbons (Fsp3) is 0.500. The zero-order valence-corrected chi connectivity index (χ0v) is 17.2. The highest BCUT2D eigenvalue weighted by molar-refractivity contribution is 14.1. The third-order valence-electron chi connectivity index (χ3n) is 3.75. The van der Waals surface area contributed by atoms with Gasteiger partial charge in [0.15, 0.2) is 8.32 Å². The SMILES string of the molecule is CC(C)(C)[Si](C)(C)O[C@H](C=CI)COc1cccc(Cl)c1. The Hall–Kier alpha value is -0.0431. The summed E-state index contributed by atoms with van der Waals surface area (Å²) in [5.74, 6) is 0.771. The minimum absolute atomic E-state index is 0.0400. The molecule has 118 valence electrons. The van der Waals surface area contributed by atoms with Gasteiger partial charge in [-0.25, -0.2) is 0 Å². The molecule has 1 rings (SSSR count). The molecule has 0 heterocycles. The van der Waals surface area contributed by atoms with Crippen molar-refractivity contribution in [2.45, 2.75) is 45.0 Å². The second-order valence-corrected chi connectivity index (χ2v) is 12.4. The van der Waals surface area contributed by atoms with Gasteiger partial charge in [-0.15, -0.1) is 0 Å². The summed E-state index contributed by atoms with van der Waals surface area (Å²) >= 11 is 8.18. The van der Waals surface area contributed by atoms with Gasteiger partial charge >= 0.3 is 0 Å². The molecule has 0 amide bonds. The molecule has 0 bridgehead atoms. The molecule has 0 saturated heterocycles. The highest BCUT2D eigenvalue weighted by Gasteiger charge is 2.38. The highest BCUT2D eigenvalue weighted by Crippen LogP contribution is 2.37. The summed E-state index contributed by atoms with van der Waals surface area (Å²) in [5, 5.41) is 0.860. The maximum atomic E-state index is 6.38. The van der Waals surface area contributed by atoms with Crippen LogP contribution in [-0.2, 0) is 4.43 Å². The van der Waals surface area contributed by atoms with Crippen LogP contribution in [0.15, 0.2) is 34.4 Å². The van der Waals surface area contributed by atoms with Crippen LogP contribution < -0.4 is 4.74 Å². The standard InChI is InChI=1S/C16H24ClIO2Si/c1-16(2,3)21(4,5)20-15(9-10-18)12-19-14-8-6-7-13(17)11-14/h6-11,15H,12H2,1-5H3/t15-/m1/s1. The summed E-state index contributed by atoms with van der Waals surface area (Å²) in [6.45, 7) is 11.7. The van der Waals surface area contributed by atoms with E-state index >= 15 is 0 Å². The lowest BCUT2D eigenvalue weighted by Gasteiger charge is -2.38. The topological polar surface area (TPSA) is 18.5 Å². The van der Waals surface area contributed by atoms with Gasteiger partial charge in [0.25, 0.3) is 0 Å². The van der Waals surface area contributed by atoms with Crippen LogP contribution in [0, 0.1) is 0 Å². The average molecular weight is 439 g/mol. The van der Waals surface area contributed by atoms with Crippen molar-refractivity contribution in [1.82, 2.24) is 0 Å². The fourth-order valence-corrected chi connectivity index (χ4v) is 3.40. The molecule has 2 nitrogen and oxygen atoms in total. The normalized spacial score (nSPS) is 14.4. The molecule has 1 aromatic rings. The van der Waals surface area contributed by atoms with Gasteiger partial charge in [-0.1, -0.05) is 61.0 Å². The quantitative estimate of drug-likeness (QED) is 0.397. The molecule has 0 aliphatic rings. The van der Waals surface area contributed by atoms with Crippen molar-refractivity contribution in [3.05, 3.63) is 39.4 Å². The van der Waals surface area contributed by atoms with Crippen LogP contribution >= 0.6 is 34.2 Å². The zero-order valence-electron chi connectivity index (χ0n) is 13.3. The minimum atomic E-state index is -1.81. The molecule has 0 saturated carbocycles. The molecule has 0 aromatic heterocycles. The monoisotopic (exact) mass is 438 g/mol. The van der Waals surface area contributed by atoms with Crippen LogP contribution in [-0.4, -0.2) is 21.0 Å². The van der Waals surface area contributed by atoms with Gasteiger partial charge < -0.3 is 9.16 Å². The third-order valence-corrected chi connectivity index (χ3v) is 8.90. The molecular weight excluding hydrogens is 415 g/mol. The fourth-order valence-electron chi connectivity index (χ4n) is 1.50. The van der Waals surface area contributed by atoms with Gasteiger partial charge in [0.1, 0.15) is 12.4 Å². The first kappa shape index (κ1) is 19.0. The number of benzene rings is 1. The smallest absolute Gasteiger partial charge is 0.193 e. The lowest BCUT2D eigenvalue weighted by atomic mass is 10.2. The number of hydrogen-bond acceptors (Lipinski definition) is 2. The zero-order chi connectivity index (χ0) is 16.1. The predicted molar refractivity (Wildman–Crippen MR) is 102 cm³/mol. The number of rotatable bonds is 6. The molecule has 0 fully saturated rings. The Bertz CT molecular complexity index is 483. The van der Waals surface area contributed by atoms with Crippen molar-refractivity contribution in [3.8, 4) is 5.75 Å². The summed E-state index contributed by atoms with van der Waals surface area (Å²) in [6.07, 6.45) is 2.01. The Labute approximate surface area is 148 Å². The van der Waals surface area contributed by atoms with E-state index in [1.54, 1.807) is 0 Å². The Kier molecular flexibility index (Phi) is 7.23. The molecule has 1 atom stereocenters. The van der Waals surface area contributed by atoms with Gasteiger partial charge in [0.05, 0.1) is 6.10 Å². The van der Waals surface area contributed by atoms with E-state index in [0.29, 0.717) is 11.6 Å². The van der Waals surface area contributed by atoms with Crippen LogP contribution in [0.3, 0.4) is 0 Å². The van der Waals surface area contributed by atoms with Gasteiger partial charge in [-0.3, -0.25) is 0 Å². The molecule has 21 heavy (non-hydrogen) atoms. The summed E-state index contributed by atoms with van der Waals surface area (Å²) in [4.78, 5) is 0. The summed E-state index contributed by atoms with van der Waals surface area (Å²) < 4.78 is 14.2. The van der Waals surface area contributed by atoms with E-state index in [2.05, 4.69) is 56.5 Å². The van der Waals surface area contributed by atoms with E-state index in [9.17, 15) is 0 Å². The molecule has 0 radical (unpaired) electrons. The second-order valence-electron chi connectivity index (χ2n) is 6.50. The van der Waals surface area contributed by atoms with E-state index < -0.39 is 8.32 Å². The molecule has 0 spiro atoms. The van der Waals surface area contributed by atoms with Crippen LogP contribution in [0.4, 0.5) is 0 Å². The van der Waals surface area contributed by atoms with E-state index in [1.807, 2.05) is 34.4 Å². The minimum Gasteiger partial charge on any atom is -0.491 e. The molecule has 0 unspecified atom stereocenters. The van der Waals surface area contributed by atoms with Crippen LogP contribution in [0.2, 0.25) is 23.2 Å². The molecule has 0 aliphatic carbocycles. The third kappa shape index (κ3) is 6.30. The first-order chi connectivity index (χ1) is 9.65. The van der Waals surface area contributed by atoms with Crippen LogP contribution in [0.25, 0.3) is 0 Å². The van der Waals surface area contributed by atoms with Crippen molar-refractivity contribution >= 4 is 42.5 Å². The van der Waals surface area contributed by atoms with E-state index in [0.717, 1.165) is 5.75 Å². The van der Waals surface area contributed by atoms with Crippen LogP contribution in [0.1, 0.15) is 20.8 Å². The van der Waals surface area contributed by atoms with E-state index in [4.69, 9.17) is 20.8 Å². The Morgan fingerprint density at radius 2 is 2.00 bits per heavy atom. The largest absolute Gasteiger partial charge is 0.491 e. The number of ether oxygens (including phenoxy) is 1. The Morgan fingerprint density at radius 1 is 1.33 bits per heavy atom. The summed E-state index contributed by atoms with van der Waals surface area (Å²) in [5.41, 5.74) is 0. The Balaban J connectivity index is 2.71. The summed E-state index contributed by atoms with van der Waals surface area (Å²) in [7, 11) is -1.81. The second kappa shape index (κ2) is 7.99. The van der Waals surface area contributed by atoms with Crippen LogP contribution in [0.5, 0.6) is 5.75 Å². The molecule has 0 N–H and O–H groups in total. The summed E-state index contributed by atoms with van der Waals surface area (Å²) in [6, 6.07) is 7.44. The van der Waals surface area contributed by atoms with Crippen molar-refractivity contribution in [1.29, 1.82) is 0 Å². The van der Waals surface area contributed by atoms with Gasteiger partial charge in [0, 0.05) is 5.02 Å². The number of halogens is 2. The average Bonchev–Trinajstić information content (AvgIpc) is 2.34. The van der Waals surface area contributed by atoms with Crippen molar-refractivity contribution in [2.75, 3.05) is 6.61 Å². The number of hydrogen-bond donors (Lipinski definition) is 0. The highest BCUT2D eigenvalue weighted by atomic mass is 127. The lowest BCUT2D eigenvalue weighted by Crippen LogP contribution is -2.44. The first-order valence-corrected chi connectivity index (χ1v) is 11.5.